The Morgan fingerprint density at radius 1 is 0.884 bits per heavy atom. The second-order valence-corrected chi connectivity index (χ2v) is 12.9. The molecule has 0 spiro atoms. The molecule has 2 fully saturated rings. The lowest BCUT2D eigenvalue weighted by Crippen LogP contribution is -2.54. The highest BCUT2D eigenvalue weighted by Crippen LogP contribution is 2.56. The molecule has 8 nitrogen and oxygen atoms in total. The summed E-state index contributed by atoms with van der Waals surface area (Å²) in [7, 11) is -4.48. The van der Waals surface area contributed by atoms with Crippen LogP contribution in [0.3, 0.4) is 0 Å². The van der Waals surface area contributed by atoms with Gasteiger partial charge in [0.1, 0.15) is 10.6 Å². The minimum atomic E-state index is -6.35. The van der Waals surface area contributed by atoms with Crippen LogP contribution in [0.2, 0.25) is 0 Å². The van der Waals surface area contributed by atoms with Gasteiger partial charge in [-0.05, 0) is 55.5 Å². The third kappa shape index (κ3) is 5.04. The zero-order chi connectivity index (χ0) is 31.4. The second-order valence-electron chi connectivity index (χ2n) is 10.7. The molecule has 2 aromatic carbocycles. The highest BCUT2D eigenvalue weighted by Gasteiger charge is 2.73. The van der Waals surface area contributed by atoms with Gasteiger partial charge in [0.25, 0.3) is 0 Å². The van der Waals surface area contributed by atoms with Crippen LogP contribution in [0, 0.1) is 11.7 Å². The van der Waals surface area contributed by atoms with Crippen molar-refractivity contribution >= 4 is 15.7 Å². The number of aromatic amines is 1. The number of nitrogens with zero attached hydrogens (tertiary/aromatic N) is 4. The van der Waals surface area contributed by atoms with Crippen molar-refractivity contribution in [1.82, 2.24) is 25.5 Å². The van der Waals surface area contributed by atoms with Crippen LogP contribution in [0.4, 0.5) is 35.1 Å². The molecule has 1 amide bonds. The van der Waals surface area contributed by atoms with Crippen molar-refractivity contribution in [2.75, 3.05) is 13.1 Å². The highest BCUT2D eigenvalue weighted by molar-refractivity contribution is 7.92. The normalized spacial score (nSPS) is 22.3. The Hall–Kier alpha value is -3.63. The summed E-state index contributed by atoms with van der Waals surface area (Å²) in [5.74, 6) is -1.51. The van der Waals surface area contributed by atoms with Gasteiger partial charge >= 0.3 is 18.0 Å². The van der Waals surface area contributed by atoms with Gasteiger partial charge < -0.3 is 4.90 Å². The predicted octanol–water partition coefficient (Wildman–Crippen LogP) is 5.11. The van der Waals surface area contributed by atoms with Gasteiger partial charge in [-0.2, -0.15) is 31.6 Å². The molecule has 0 atom stereocenters. The number of hydrogen-bond donors (Lipinski definition) is 1. The maximum Gasteiger partial charge on any atom is 0.435 e. The number of benzene rings is 2. The first-order valence-electron chi connectivity index (χ1n) is 13.0. The largest absolute Gasteiger partial charge is 0.435 e. The number of nitrogens with one attached hydrogen (secondary N) is 1. The summed E-state index contributed by atoms with van der Waals surface area (Å²) in [6, 6.07) is 5.58. The summed E-state index contributed by atoms with van der Waals surface area (Å²) >= 11 is 0. The molecule has 2 heterocycles. The number of amides is 1. The maximum absolute atomic E-state index is 14.6. The fourth-order valence-electron chi connectivity index (χ4n) is 5.81. The number of sulfone groups is 1. The molecular weight excluding hydrogens is 614 g/mol. The Balaban J connectivity index is 1.45. The van der Waals surface area contributed by atoms with Gasteiger partial charge in [0.05, 0.1) is 4.90 Å². The van der Waals surface area contributed by atoms with Crippen LogP contribution in [-0.4, -0.2) is 65.3 Å². The van der Waals surface area contributed by atoms with Crippen molar-refractivity contribution in [1.29, 1.82) is 0 Å². The van der Waals surface area contributed by atoms with Crippen molar-refractivity contribution < 1.29 is 48.3 Å². The number of H-pyrrole nitrogens is 1. The number of carbonyl (C=O) groups is 1. The van der Waals surface area contributed by atoms with Crippen molar-refractivity contribution in [3.8, 4) is 0 Å². The molecule has 1 aliphatic heterocycles. The number of hydrogen-bond acceptors (Lipinski definition) is 6. The molecule has 0 bridgehead atoms. The number of halogens is 8. The minimum Gasteiger partial charge on any atom is -0.342 e. The first-order chi connectivity index (χ1) is 20.0. The molecular formula is C26H23F8N5O3S. The molecule has 2 aliphatic rings. The topological polar surface area (TPSA) is 109 Å². The fraction of sp³-hybridized carbons (Fsp3) is 0.462. The van der Waals surface area contributed by atoms with Crippen LogP contribution in [0.25, 0.3) is 0 Å². The minimum absolute atomic E-state index is 0.0447. The van der Waals surface area contributed by atoms with Gasteiger partial charge in [-0.3, -0.25) is 4.79 Å². The summed E-state index contributed by atoms with van der Waals surface area (Å²) < 4.78 is 134. The van der Waals surface area contributed by atoms with Gasteiger partial charge in [0.2, 0.25) is 5.91 Å². The molecule has 1 N–H and O–H groups in total. The summed E-state index contributed by atoms with van der Waals surface area (Å²) in [4.78, 5) is 14.5. The van der Waals surface area contributed by atoms with E-state index in [1.807, 2.05) is 0 Å². The lowest BCUT2D eigenvalue weighted by molar-refractivity contribution is -0.348. The smallest absolute Gasteiger partial charge is 0.342 e. The Labute approximate surface area is 239 Å². The van der Waals surface area contributed by atoms with E-state index in [0.717, 1.165) is 24.3 Å². The van der Waals surface area contributed by atoms with Gasteiger partial charge in [-0.25, -0.2) is 17.2 Å². The van der Waals surface area contributed by atoms with Crippen molar-refractivity contribution in [3.63, 3.8) is 0 Å². The molecule has 232 valence electrons. The van der Waals surface area contributed by atoms with Gasteiger partial charge in [-0.15, -0.1) is 10.2 Å². The van der Waals surface area contributed by atoms with Crippen LogP contribution in [0.15, 0.2) is 53.4 Å². The van der Waals surface area contributed by atoms with E-state index < -0.39 is 49.9 Å². The van der Waals surface area contributed by atoms with E-state index in [9.17, 15) is 48.3 Å². The SMILES string of the molecule is O=C(C1CC(c2ccc(C(F)(C(F)(F)F)C(F)(F)F)cc2)(S(=O)(=O)c2ccc(F)cc2)C1)N1CCC(c2nn[nH]n2)CC1. The van der Waals surface area contributed by atoms with Crippen LogP contribution in [0.5, 0.6) is 0 Å². The first kappa shape index (κ1) is 30.8. The molecule has 0 unspecified atom stereocenters. The molecule has 43 heavy (non-hydrogen) atoms. The molecule has 5 rings (SSSR count). The van der Waals surface area contributed by atoms with Gasteiger partial charge in [-0.1, -0.05) is 29.5 Å². The molecule has 1 aromatic heterocycles. The van der Waals surface area contributed by atoms with E-state index in [0.29, 0.717) is 43.9 Å². The lowest BCUT2D eigenvalue weighted by atomic mass is 9.69. The second kappa shape index (κ2) is 10.5. The maximum atomic E-state index is 14.6. The predicted molar refractivity (Wildman–Crippen MR) is 132 cm³/mol. The summed E-state index contributed by atoms with van der Waals surface area (Å²) in [6.45, 7) is 0.628. The van der Waals surface area contributed by atoms with Crippen LogP contribution in [-0.2, 0) is 25.0 Å². The monoisotopic (exact) mass is 637 g/mol. The number of likely N-dealkylation sites (tertiary alicyclic amines) is 1. The number of carbonyl (C=O) groups excluding carboxylic acids is 1. The number of aromatic nitrogens is 4. The molecule has 1 saturated heterocycles. The molecule has 3 aromatic rings. The average Bonchev–Trinajstić information content (AvgIpc) is 3.46. The van der Waals surface area contributed by atoms with Gasteiger partial charge in [0, 0.05) is 30.5 Å². The number of rotatable bonds is 6. The molecule has 17 heteroatoms. The number of alkyl halides is 7. The third-order valence-corrected chi connectivity index (χ3v) is 10.8. The van der Waals surface area contributed by atoms with Crippen LogP contribution in [0.1, 0.15) is 48.6 Å². The first-order valence-corrected chi connectivity index (χ1v) is 14.5. The number of tetrazole rings is 1. The Bertz CT molecular complexity index is 1550. The van der Waals surface area contributed by atoms with E-state index in [2.05, 4.69) is 20.6 Å². The van der Waals surface area contributed by atoms with Crippen LogP contribution >= 0.6 is 0 Å². The van der Waals surface area contributed by atoms with E-state index >= 15 is 0 Å². The zero-order valence-electron chi connectivity index (χ0n) is 22.0. The van der Waals surface area contributed by atoms with Gasteiger partial charge in [0.15, 0.2) is 15.7 Å². The quantitative estimate of drug-likeness (QED) is 0.297. The van der Waals surface area contributed by atoms with Crippen molar-refractivity contribution in [2.24, 2.45) is 5.92 Å². The molecule has 1 aliphatic carbocycles. The fourth-order valence-corrected chi connectivity index (χ4v) is 8.04. The average molecular weight is 638 g/mol. The van der Waals surface area contributed by atoms with Crippen molar-refractivity contribution in [2.45, 2.75) is 59.3 Å². The zero-order valence-corrected chi connectivity index (χ0v) is 22.8. The van der Waals surface area contributed by atoms with E-state index in [-0.39, 0.29) is 47.3 Å². The standard InChI is InChI=1S/C26H23F8N5O3S/c27-19-5-7-20(8-6-19)43(41,42)23(17-1-3-18(4-2-17)24(28,25(29,30)31)26(32,33)34)13-16(14-23)22(40)39-11-9-15(10-12-39)21-35-37-38-36-21/h1-8,15-16H,9-14H2,(H,35,36,37,38). The van der Waals surface area contributed by atoms with Crippen LogP contribution < -0.4 is 0 Å². The van der Waals surface area contributed by atoms with E-state index in [1.54, 1.807) is 4.90 Å². The Morgan fingerprint density at radius 2 is 1.44 bits per heavy atom. The van der Waals surface area contributed by atoms with E-state index in [1.165, 1.54) is 0 Å². The van der Waals surface area contributed by atoms with Crippen molar-refractivity contribution in [3.05, 3.63) is 71.3 Å². The summed E-state index contributed by atoms with van der Waals surface area (Å²) in [5.41, 5.74) is -7.71. The summed E-state index contributed by atoms with van der Waals surface area (Å²) in [6.07, 6.45) is -12.4. The highest BCUT2D eigenvalue weighted by atomic mass is 32.2. The lowest BCUT2D eigenvalue weighted by Gasteiger charge is -2.48. The van der Waals surface area contributed by atoms with E-state index in [4.69, 9.17) is 0 Å². The molecule has 0 radical (unpaired) electrons. The number of piperidine rings is 1. The summed E-state index contributed by atoms with van der Waals surface area (Å²) in [5, 5.41) is 13.8. The molecule has 1 saturated carbocycles. The Morgan fingerprint density at radius 3 is 1.93 bits per heavy atom. The Kier molecular flexibility index (Phi) is 7.54. The third-order valence-electron chi connectivity index (χ3n) is 8.26.